The molecule has 0 saturated carbocycles. The molecule has 0 amide bonds. The lowest BCUT2D eigenvalue weighted by molar-refractivity contribution is 0.994. The third-order valence-corrected chi connectivity index (χ3v) is 10.3. The summed E-state index contributed by atoms with van der Waals surface area (Å²) in [5.74, 6) is 0.640. The van der Waals surface area contributed by atoms with Gasteiger partial charge >= 0.3 is 0 Å². The van der Waals surface area contributed by atoms with Gasteiger partial charge in [0.2, 0.25) is 5.95 Å². The zero-order valence-corrected chi connectivity index (χ0v) is 27.5. The molecule has 238 valence electrons. The molecule has 11 aromatic rings. The summed E-state index contributed by atoms with van der Waals surface area (Å²) >= 11 is 0. The molecular weight excluding hydrogens is 623 g/mol. The van der Waals surface area contributed by atoms with Gasteiger partial charge < -0.3 is 4.57 Å². The van der Waals surface area contributed by atoms with Crippen molar-refractivity contribution in [1.82, 2.24) is 23.7 Å². The summed E-state index contributed by atoms with van der Waals surface area (Å²) in [5, 5.41) is 6.90. The van der Waals surface area contributed by atoms with Crippen molar-refractivity contribution < 1.29 is 0 Å². The molecule has 0 aliphatic heterocycles. The van der Waals surface area contributed by atoms with Gasteiger partial charge in [-0.1, -0.05) is 115 Å². The molecule has 11 rings (SSSR count). The van der Waals surface area contributed by atoms with Gasteiger partial charge in [0, 0.05) is 43.9 Å². The summed E-state index contributed by atoms with van der Waals surface area (Å²) in [6.07, 6.45) is 0. The van der Waals surface area contributed by atoms with Crippen LogP contribution in [0, 0.1) is 0 Å². The zero-order valence-electron chi connectivity index (χ0n) is 27.5. The third kappa shape index (κ3) is 4.03. The van der Waals surface area contributed by atoms with Crippen LogP contribution in [0.15, 0.2) is 176 Å². The van der Waals surface area contributed by atoms with Gasteiger partial charge in [0.15, 0.2) is 5.65 Å². The average molecular weight is 652 g/mol. The van der Waals surface area contributed by atoms with Crippen LogP contribution in [-0.2, 0) is 0 Å². The van der Waals surface area contributed by atoms with Crippen LogP contribution < -0.4 is 0 Å². The number of para-hydroxylation sites is 6. The highest BCUT2D eigenvalue weighted by Crippen LogP contribution is 2.41. The van der Waals surface area contributed by atoms with Gasteiger partial charge in [-0.2, -0.15) is 4.98 Å². The highest BCUT2D eigenvalue weighted by molar-refractivity contribution is 6.16. The SMILES string of the molecule is c1ccc(-n2c3ccccc3c3cc(-c4nc(-n5c6ccccc6c6ccccc65)nc5c4c4ccccc4n5-c4ccccc4)ccc32)cc1. The molecule has 51 heavy (non-hydrogen) atoms. The number of nitrogens with zero attached hydrogens (tertiary/aromatic N) is 5. The first-order valence-corrected chi connectivity index (χ1v) is 17.3. The van der Waals surface area contributed by atoms with Crippen molar-refractivity contribution in [3.63, 3.8) is 0 Å². The minimum absolute atomic E-state index is 0.640. The van der Waals surface area contributed by atoms with E-state index in [1.807, 2.05) is 0 Å². The van der Waals surface area contributed by atoms with E-state index >= 15 is 0 Å². The predicted molar refractivity (Wildman–Crippen MR) is 210 cm³/mol. The second kappa shape index (κ2) is 10.8. The maximum Gasteiger partial charge on any atom is 0.237 e. The van der Waals surface area contributed by atoms with Gasteiger partial charge in [-0.05, 0) is 60.7 Å². The van der Waals surface area contributed by atoms with E-state index in [1.165, 1.54) is 27.1 Å². The second-order valence-corrected chi connectivity index (χ2v) is 13.0. The Labute approximate surface area is 292 Å². The minimum atomic E-state index is 0.640. The quantitative estimate of drug-likeness (QED) is 0.190. The molecule has 4 aromatic heterocycles. The van der Waals surface area contributed by atoms with Crippen LogP contribution in [0.1, 0.15) is 0 Å². The van der Waals surface area contributed by atoms with Gasteiger partial charge in [0.05, 0.1) is 38.7 Å². The van der Waals surface area contributed by atoms with Gasteiger partial charge in [-0.3, -0.25) is 9.13 Å². The van der Waals surface area contributed by atoms with E-state index in [9.17, 15) is 0 Å². The molecule has 5 nitrogen and oxygen atoms in total. The fourth-order valence-corrected chi connectivity index (χ4v) is 8.10. The van der Waals surface area contributed by atoms with Crippen LogP contribution in [0.25, 0.3) is 94.1 Å². The van der Waals surface area contributed by atoms with Crippen LogP contribution in [0.2, 0.25) is 0 Å². The summed E-state index contributed by atoms with van der Waals surface area (Å²) in [6, 6.07) is 62.3. The van der Waals surface area contributed by atoms with E-state index in [4.69, 9.17) is 9.97 Å². The molecule has 4 heterocycles. The third-order valence-electron chi connectivity index (χ3n) is 10.3. The molecular formula is C46H29N5. The smallest absolute Gasteiger partial charge is 0.237 e. The Hall–Kier alpha value is -6.98. The van der Waals surface area contributed by atoms with Crippen molar-refractivity contribution in [1.29, 1.82) is 0 Å². The number of hydrogen-bond donors (Lipinski definition) is 0. The molecule has 7 aromatic carbocycles. The number of fused-ring (bicyclic) bond motifs is 9. The first-order valence-electron chi connectivity index (χ1n) is 17.3. The fraction of sp³-hybridized carbons (Fsp3) is 0. The summed E-state index contributed by atoms with van der Waals surface area (Å²) < 4.78 is 6.86. The Bertz CT molecular complexity index is 3080. The van der Waals surface area contributed by atoms with E-state index in [0.29, 0.717) is 5.95 Å². The van der Waals surface area contributed by atoms with Crippen molar-refractivity contribution >= 4 is 65.5 Å². The number of rotatable bonds is 4. The summed E-state index contributed by atoms with van der Waals surface area (Å²) in [5.41, 5.74) is 10.6. The first-order chi connectivity index (χ1) is 25.3. The van der Waals surface area contributed by atoms with Gasteiger partial charge in [0.1, 0.15) is 0 Å². The van der Waals surface area contributed by atoms with Gasteiger partial charge in [-0.25, -0.2) is 4.98 Å². The molecule has 0 fully saturated rings. The lowest BCUT2D eigenvalue weighted by Crippen LogP contribution is -2.05. The normalized spacial score (nSPS) is 11.9. The number of hydrogen-bond acceptors (Lipinski definition) is 2. The van der Waals surface area contributed by atoms with E-state index in [-0.39, 0.29) is 0 Å². The van der Waals surface area contributed by atoms with Gasteiger partial charge in [0.25, 0.3) is 0 Å². The minimum Gasteiger partial charge on any atom is -0.309 e. The first kappa shape index (κ1) is 27.9. The van der Waals surface area contributed by atoms with Crippen LogP contribution >= 0.6 is 0 Å². The van der Waals surface area contributed by atoms with Crippen molar-refractivity contribution in [2.24, 2.45) is 0 Å². The largest absolute Gasteiger partial charge is 0.309 e. The molecule has 0 aliphatic carbocycles. The highest BCUT2D eigenvalue weighted by atomic mass is 15.2. The van der Waals surface area contributed by atoms with Crippen LogP contribution in [0.4, 0.5) is 0 Å². The Balaban J connectivity index is 1.29. The average Bonchev–Trinajstić information content (AvgIpc) is 3.84. The molecule has 0 radical (unpaired) electrons. The highest BCUT2D eigenvalue weighted by Gasteiger charge is 2.23. The Morgan fingerprint density at radius 3 is 1.39 bits per heavy atom. The lowest BCUT2D eigenvalue weighted by atomic mass is 10.0. The van der Waals surface area contributed by atoms with Gasteiger partial charge in [-0.15, -0.1) is 0 Å². The number of aromatic nitrogens is 5. The monoisotopic (exact) mass is 651 g/mol. The van der Waals surface area contributed by atoms with Crippen LogP contribution in [0.3, 0.4) is 0 Å². The Morgan fingerprint density at radius 2 is 0.784 bits per heavy atom. The van der Waals surface area contributed by atoms with Crippen molar-refractivity contribution in [2.45, 2.75) is 0 Å². The summed E-state index contributed by atoms with van der Waals surface area (Å²) in [7, 11) is 0. The van der Waals surface area contributed by atoms with E-state index in [0.717, 1.165) is 61.1 Å². The topological polar surface area (TPSA) is 40.6 Å². The van der Waals surface area contributed by atoms with Crippen LogP contribution in [-0.4, -0.2) is 23.7 Å². The molecule has 0 atom stereocenters. The fourth-order valence-electron chi connectivity index (χ4n) is 8.10. The maximum absolute atomic E-state index is 5.55. The summed E-state index contributed by atoms with van der Waals surface area (Å²) in [4.78, 5) is 11.0. The maximum atomic E-state index is 5.55. The Morgan fingerprint density at radius 1 is 0.333 bits per heavy atom. The van der Waals surface area contributed by atoms with Crippen LogP contribution in [0.5, 0.6) is 0 Å². The molecule has 0 bridgehead atoms. The van der Waals surface area contributed by atoms with Crippen molar-refractivity contribution in [2.75, 3.05) is 0 Å². The van der Waals surface area contributed by atoms with Crippen molar-refractivity contribution in [3.8, 4) is 28.6 Å². The molecule has 0 unspecified atom stereocenters. The zero-order chi connectivity index (χ0) is 33.5. The Kier molecular flexibility index (Phi) is 5.89. The molecule has 0 aliphatic rings. The van der Waals surface area contributed by atoms with E-state index < -0.39 is 0 Å². The van der Waals surface area contributed by atoms with E-state index in [1.54, 1.807) is 0 Å². The molecule has 0 saturated heterocycles. The van der Waals surface area contributed by atoms with E-state index in [2.05, 4.69) is 190 Å². The number of benzene rings is 7. The van der Waals surface area contributed by atoms with Crippen molar-refractivity contribution in [3.05, 3.63) is 176 Å². The summed E-state index contributed by atoms with van der Waals surface area (Å²) in [6.45, 7) is 0. The predicted octanol–water partition coefficient (Wildman–Crippen LogP) is 11.4. The second-order valence-electron chi connectivity index (χ2n) is 13.0. The standard InChI is InChI=1S/C46H29N5/c1-3-15-31(16-4-1)49-38-23-11-9-21-35(38)37-29-30(27-28-42(37)49)44-43-36-22-10-14-26-41(36)50(32-17-5-2-6-18-32)45(43)48-46(47-44)51-39-24-12-7-19-33(39)34-20-8-13-25-40(34)51/h1-29H. The molecule has 5 heteroatoms. The lowest BCUT2D eigenvalue weighted by Gasteiger charge is -2.12. The molecule has 0 N–H and O–H groups in total. The molecule has 0 spiro atoms.